The van der Waals surface area contributed by atoms with Crippen LogP contribution >= 0.6 is 15.9 Å². The van der Waals surface area contributed by atoms with Crippen molar-refractivity contribution in [1.82, 2.24) is 0 Å². The SMILES string of the molecule is O=C=NC1(c2cc(F)c(OCc3ccccc3)c(Br)c2)CC1. The first-order valence-electron chi connectivity index (χ1n) is 6.90. The van der Waals surface area contributed by atoms with Crippen molar-refractivity contribution in [1.29, 1.82) is 0 Å². The molecule has 0 heterocycles. The monoisotopic (exact) mass is 361 g/mol. The fourth-order valence-corrected chi connectivity index (χ4v) is 2.92. The van der Waals surface area contributed by atoms with E-state index in [4.69, 9.17) is 4.74 Å². The van der Waals surface area contributed by atoms with Crippen molar-refractivity contribution >= 4 is 22.0 Å². The highest BCUT2D eigenvalue weighted by Gasteiger charge is 2.45. The van der Waals surface area contributed by atoms with E-state index in [9.17, 15) is 9.18 Å². The molecule has 1 aliphatic carbocycles. The van der Waals surface area contributed by atoms with Crippen molar-refractivity contribution in [3.8, 4) is 5.75 Å². The van der Waals surface area contributed by atoms with E-state index in [2.05, 4.69) is 20.9 Å². The van der Waals surface area contributed by atoms with E-state index in [0.717, 1.165) is 18.4 Å². The molecule has 0 saturated heterocycles. The van der Waals surface area contributed by atoms with Crippen LogP contribution in [0.15, 0.2) is 51.9 Å². The maximum Gasteiger partial charge on any atom is 0.235 e. The number of hydrogen-bond donors (Lipinski definition) is 0. The number of hydrogen-bond acceptors (Lipinski definition) is 3. The van der Waals surface area contributed by atoms with Crippen LogP contribution in [0.1, 0.15) is 24.0 Å². The van der Waals surface area contributed by atoms with Crippen LogP contribution < -0.4 is 4.74 Å². The number of aliphatic imine (C=N–C) groups is 1. The highest BCUT2D eigenvalue weighted by Crippen LogP contribution is 2.50. The second-order valence-electron chi connectivity index (χ2n) is 5.28. The van der Waals surface area contributed by atoms with Gasteiger partial charge in [-0.05, 0) is 52.0 Å². The van der Waals surface area contributed by atoms with Gasteiger partial charge in [-0.25, -0.2) is 9.18 Å². The molecule has 0 aromatic heterocycles. The second-order valence-corrected chi connectivity index (χ2v) is 6.13. The van der Waals surface area contributed by atoms with Gasteiger partial charge in [0.05, 0.1) is 10.0 Å². The van der Waals surface area contributed by atoms with Crippen LogP contribution in [-0.4, -0.2) is 6.08 Å². The second kappa shape index (κ2) is 6.03. The molecule has 2 aromatic rings. The van der Waals surface area contributed by atoms with Crippen LogP contribution in [0.3, 0.4) is 0 Å². The van der Waals surface area contributed by atoms with Gasteiger partial charge in [-0.15, -0.1) is 0 Å². The highest BCUT2D eigenvalue weighted by atomic mass is 79.9. The van der Waals surface area contributed by atoms with Gasteiger partial charge in [-0.2, -0.15) is 4.99 Å². The van der Waals surface area contributed by atoms with Gasteiger partial charge in [0.15, 0.2) is 11.6 Å². The maximum atomic E-state index is 14.3. The maximum absolute atomic E-state index is 14.3. The van der Waals surface area contributed by atoms with Crippen molar-refractivity contribution < 1.29 is 13.9 Å². The largest absolute Gasteiger partial charge is 0.485 e. The van der Waals surface area contributed by atoms with Gasteiger partial charge in [0.1, 0.15) is 6.61 Å². The first-order chi connectivity index (χ1) is 10.6. The molecular weight excluding hydrogens is 349 g/mol. The zero-order chi connectivity index (χ0) is 15.6. The van der Waals surface area contributed by atoms with Gasteiger partial charge in [0.25, 0.3) is 0 Å². The van der Waals surface area contributed by atoms with Gasteiger partial charge < -0.3 is 4.74 Å². The fraction of sp³-hybridized carbons (Fsp3) is 0.235. The molecular formula is C17H13BrFNO2. The first-order valence-corrected chi connectivity index (χ1v) is 7.69. The van der Waals surface area contributed by atoms with E-state index in [0.29, 0.717) is 10.0 Å². The fourth-order valence-electron chi connectivity index (χ4n) is 2.37. The zero-order valence-electron chi connectivity index (χ0n) is 11.7. The lowest BCUT2D eigenvalue weighted by atomic mass is 10.1. The van der Waals surface area contributed by atoms with Crippen molar-refractivity contribution in [2.45, 2.75) is 25.0 Å². The third-order valence-corrected chi connectivity index (χ3v) is 4.33. The predicted molar refractivity (Wildman–Crippen MR) is 83.9 cm³/mol. The number of ether oxygens (including phenoxy) is 1. The topological polar surface area (TPSA) is 38.7 Å². The van der Waals surface area contributed by atoms with E-state index in [1.165, 1.54) is 6.07 Å². The van der Waals surface area contributed by atoms with Crippen LogP contribution in [0.25, 0.3) is 0 Å². The Morgan fingerprint density at radius 2 is 2.00 bits per heavy atom. The summed E-state index contributed by atoms with van der Waals surface area (Å²) in [4.78, 5) is 14.3. The number of benzene rings is 2. The molecule has 0 unspecified atom stereocenters. The number of rotatable bonds is 5. The smallest absolute Gasteiger partial charge is 0.235 e. The van der Waals surface area contributed by atoms with E-state index in [1.54, 1.807) is 12.1 Å². The lowest BCUT2D eigenvalue weighted by molar-refractivity contribution is 0.288. The number of isocyanates is 1. The highest BCUT2D eigenvalue weighted by molar-refractivity contribution is 9.10. The molecule has 0 radical (unpaired) electrons. The van der Waals surface area contributed by atoms with Gasteiger partial charge in [0.2, 0.25) is 6.08 Å². The lowest BCUT2D eigenvalue weighted by Gasteiger charge is -2.14. The summed E-state index contributed by atoms with van der Waals surface area (Å²) in [6.07, 6.45) is 3.04. The Labute approximate surface area is 136 Å². The van der Waals surface area contributed by atoms with Crippen LogP contribution in [0, 0.1) is 5.82 Å². The van der Waals surface area contributed by atoms with Crippen LogP contribution in [-0.2, 0) is 16.9 Å². The van der Waals surface area contributed by atoms with E-state index in [-0.39, 0.29) is 12.4 Å². The summed E-state index contributed by atoms with van der Waals surface area (Å²) in [5, 5.41) is 0. The number of nitrogens with zero attached hydrogens (tertiary/aromatic N) is 1. The molecule has 0 N–H and O–H groups in total. The summed E-state index contributed by atoms with van der Waals surface area (Å²) in [6.45, 7) is 0.285. The first kappa shape index (κ1) is 14.9. The molecule has 1 aliphatic rings. The Bertz CT molecular complexity index is 715. The summed E-state index contributed by atoms with van der Waals surface area (Å²) in [6, 6.07) is 12.7. The molecule has 1 saturated carbocycles. The minimum Gasteiger partial charge on any atom is -0.485 e. The summed E-state index contributed by atoms with van der Waals surface area (Å²) in [5.74, 6) is -0.300. The molecule has 0 bridgehead atoms. The Morgan fingerprint density at radius 1 is 1.27 bits per heavy atom. The van der Waals surface area contributed by atoms with Gasteiger partial charge in [-0.3, -0.25) is 0 Å². The average Bonchev–Trinajstić information content (AvgIpc) is 3.29. The van der Waals surface area contributed by atoms with Gasteiger partial charge in [0, 0.05) is 0 Å². The predicted octanol–water partition coefficient (Wildman–Crippen LogP) is 4.49. The molecule has 0 atom stereocenters. The Kier molecular flexibility index (Phi) is 4.10. The van der Waals surface area contributed by atoms with Crippen LogP contribution in [0.5, 0.6) is 5.75 Å². The Balaban J connectivity index is 1.83. The van der Waals surface area contributed by atoms with Crippen molar-refractivity contribution in [2.24, 2.45) is 4.99 Å². The standard InChI is InChI=1S/C17H13BrFNO2/c18-14-8-13(17(6-7-17)20-11-21)9-15(19)16(14)22-10-12-4-2-1-3-5-12/h1-5,8-9H,6-7,10H2. The summed E-state index contributed by atoms with van der Waals surface area (Å²) >= 11 is 3.34. The minimum absolute atomic E-state index is 0.165. The average molecular weight is 362 g/mol. The van der Waals surface area contributed by atoms with Gasteiger partial charge in [-0.1, -0.05) is 30.3 Å². The molecule has 0 spiro atoms. The van der Waals surface area contributed by atoms with Gasteiger partial charge >= 0.3 is 0 Å². The van der Waals surface area contributed by atoms with Crippen molar-refractivity contribution in [3.05, 3.63) is 63.9 Å². The molecule has 0 amide bonds. The normalized spacial score (nSPS) is 15.0. The zero-order valence-corrected chi connectivity index (χ0v) is 13.3. The van der Waals surface area contributed by atoms with Crippen LogP contribution in [0.4, 0.5) is 4.39 Å². The Hall–Kier alpha value is -1.97. The molecule has 3 rings (SSSR count). The summed E-state index contributed by atoms with van der Waals surface area (Å²) in [5.41, 5.74) is 1.04. The van der Waals surface area contributed by atoms with Crippen LogP contribution in [0.2, 0.25) is 0 Å². The van der Waals surface area contributed by atoms with Crippen molar-refractivity contribution in [2.75, 3.05) is 0 Å². The third-order valence-electron chi connectivity index (χ3n) is 3.74. The van der Waals surface area contributed by atoms with E-state index in [1.807, 2.05) is 30.3 Å². The lowest BCUT2D eigenvalue weighted by Crippen LogP contribution is -2.05. The molecule has 0 aliphatic heterocycles. The minimum atomic E-state index is -0.594. The molecule has 1 fully saturated rings. The number of halogens is 2. The summed E-state index contributed by atoms with van der Waals surface area (Å²) < 4.78 is 20.4. The van der Waals surface area contributed by atoms with Crippen molar-refractivity contribution in [3.63, 3.8) is 0 Å². The quantitative estimate of drug-likeness (QED) is 0.581. The van der Waals surface area contributed by atoms with E-state index < -0.39 is 11.4 Å². The molecule has 2 aromatic carbocycles. The molecule has 3 nitrogen and oxygen atoms in total. The molecule has 112 valence electrons. The number of carbonyl (C=O) groups excluding carboxylic acids is 1. The molecule has 5 heteroatoms. The Morgan fingerprint density at radius 3 is 2.59 bits per heavy atom. The third kappa shape index (κ3) is 2.96. The molecule has 22 heavy (non-hydrogen) atoms. The summed E-state index contributed by atoms with van der Waals surface area (Å²) in [7, 11) is 0. The van der Waals surface area contributed by atoms with E-state index >= 15 is 0 Å².